The molecule has 0 amide bonds. The first-order chi connectivity index (χ1) is 7.66. The van der Waals surface area contributed by atoms with Gasteiger partial charge in [-0.1, -0.05) is 15.9 Å². The highest BCUT2D eigenvalue weighted by Gasteiger charge is 2.04. The van der Waals surface area contributed by atoms with Crippen molar-refractivity contribution in [3.8, 4) is 5.75 Å². The second kappa shape index (κ2) is 5.34. The number of hydrogen-bond donors (Lipinski definition) is 0. The minimum absolute atomic E-state index is 0.612. The average molecular weight is 362 g/mol. The van der Waals surface area contributed by atoms with Crippen LogP contribution in [0.5, 0.6) is 5.75 Å². The van der Waals surface area contributed by atoms with E-state index < -0.39 is 0 Å². The van der Waals surface area contributed by atoms with Crippen LogP contribution in [0.25, 0.3) is 0 Å². The van der Waals surface area contributed by atoms with Crippen LogP contribution in [0.3, 0.4) is 0 Å². The van der Waals surface area contributed by atoms with E-state index in [9.17, 15) is 0 Å². The van der Waals surface area contributed by atoms with Gasteiger partial charge in [-0.25, -0.2) is 0 Å². The molecule has 2 aromatic rings. The molecule has 0 saturated heterocycles. The number of aryl methyl sites for hydroxylation is 1. The van der Waals surface area contributed by atoms with E-state index in [1.54, 1.807) is 11.3 Å². The van der Waals surface area contributed by atoms with E-state index in [2.05, 4.69) is 43.3 Å². The van der Waals surface area contributed by atoms with Crippen molar-refractivity contribution in [1.82, 2.24) is 0 Å². The molecule has 0 radical (unpaired) electrons. The van der Waals surface area contributed by atoms with Gasteiger partial charge in [-0.15, -0.1) is 11.3 Å². The van der Waals surface area contributed by atoms with Gasteiger partial charge >= 0.3 is 0 Å². The summed E-state index contributed by atoms with van der Waals surface area (Å²) in [6, 6.07) is 8.07. The number of hydrogen-bond acceptors (Lipinski definition) is 2. The number of benzene rings is 1. The first-order valence-corrected chi connectivity index (χ1v) is 7.24. The molecule has 1 aromatic heterocycles. The molecular formula is C12H10Br2OS. The van der Waals surface area contributed by atoms with Gasteiger partial charge in [0.15, 0.2) is 0 Å². The molecule has 2 rings (SSSR count). The number of rotatable bonds is 3. The van der Waals surface area contributed by atoms with E-state index in [0.717, 1.165) is 20.3 Å². The van der Waals surface area contributed by atoms with E-state index >= 15 is 0 Å². The molecule has 0 bridgehead atoms. The molecule has 16 heavy (non-hydrogen) atoms. The molecule has 1 heterocycles. The van der Waals surface area contributed by atoms with Crippen molar-refractivity contribution in [3.05, 3.63) is 49.0 Å². The summed E-state index contributed by atoms with van der Waals surface area (Å²) in [7, 11) is 0. The summed E-state index contributed by atoms with van der Waals surface area (Å²) in [5.41, 5.74) is 1.14. The van der Waals surface area contributed by atoms with Gasteiger partial charge in [-0.05, 0) is 58.1 Å². The van der Waals surface area contributed by atoms with Crippen molar-refractivity contribution >= 4 is 43.2 Å². The lowest BCUT2D eigenvalue weighted by Crippen LogP contribution is -1.95. The molecular weight excluding hydrogens is 352 g/mol. The van der Waals surface area contributed by atoms with Crippen molar-refractivity contribution in [2.45, 2.75) is 13.5 Å². The van der Waals surface area contributed by atoms with Crippen LogP contribution in [-0.4, -0.2) is 0 Å². The molecule has 0 fully saturated rings. The Balaban J connectivity index is 2.08. The topological polar surface area (TPSA) is 9.23 Å². The van der Waals surface area contributed by atoms with Crippen LogP contribution in [0.1, 0.15) is 10.4 Å². The maximum atomic E-state index is 5.78. The smallest absolute Gasteiger partial charge is 0.124 e. The van der Waals surface area contributed by atoms with Gasteiger partial charge in [0.1, 0.15) is 12.4 Å². The predicted octanol–water partition coefficient (Wildman–Crippen LogP) is 5.16. The summed E-state index contributed by atoms with van der Waals surface area (Å²) in [4.78, 5) is 1.21. The van der Waals surface area contributed by atoms with Crippen LogP contribution in [0, 0.1) is 6.92 Å². The van der Waals surface area contributed by atoms with Gasteiger partial charge < -0.3 is 4.74 Å². The fourth-order valence-corrected chi connectivity index (χ4v) is 3.20. The molecule has 0 aliphatic carbocycles. The number of halogens is 2. The molecule has 84 valence electrons. The molecule has 1 aromatic carbocycles. The van der Waals surface area contributed by atoms with Crippen LogP contribution >= 0.6 is 43.2 Å². The first kappa shape index (κ1) is 12.1. The Morgan fingerprint density at radius 2 is 2.06 bits per heavy atom. The summed E-state index contributed by atoms with van der Waals surface area (Å²) in [5.74, 6) is 0.934. The minimum atomic E-state index is 0.612. The van der Waals surface area contributed by atoms with E-state index in [4.69, 9.17) is 4.74 Å². The van der Waals surface area contributed by atoms with Gasteiger partial charge in [-0.3, -0.25) is 0 Å². The van der Waals surface area contributed by atoms with E-state index in [0.29, 0.717) is 6.61 Å². The zero-order valence-electron chi connectivity index (χ0n) is 8.67. The molecule has 0 spiro atoms. The average Bonchev–Trinajstić information content (AvgIpc) is 2.63. The number of ether oxygens (including phenoxy) is 1. The highest BCUT2D eigenvalue weighted by Crippen LogP contribution is 2.27. The molecule has 0 aliphatic rings. The molecule has 0 aliphatic heterocycles. The minimum Gasteiger partial charge on any atom is -0.488 e. The zero-order chi connectivity index (χ0) is 11.5. The molecule has 0 unspecified atom stereocenters. The maximum absolute atomic E-state index is 5.78. The molecule has 0 atom stereocenters. The second-order valence-corrected chi connectivity index (χ2v) is 6.16. The van der Waals surface area contributed by atoms with E-state index in [-0.39, 0.29) is 0 Å². The first-order valence-electron chi connectivity index (χ1n) is 4.77. The van der Waals surface area contributed by atoms with Crippen molar-refractivity contribution in [2.75, 3.05) is 0 Å². The summed E-state index contributed by atoms with van der Waals surface area (Å²) >= 11 is 8.63. The molecule has 0 N–H and O–H groups in total. The fraction of sp³-hybridized carbons (Fsp3) is 0.167. The Kier molecular flexibility index (Phi) is 4.05. The van der Waals surface area contributed by atoms with Crippen LogP contribution in [0.15, 0.2) is 38.6 Å². The molecule has 4 heteroatoms. The second-order valence-electron chi connectivity index (χ2n) is 3.39. The van der Waals surface area contributed by atoms with Crippen molar-refractivity contribution in [1.29, 1.82) is 0 Å². The lowest BCUT2D eigenvalue weighted by Gasteiger charge is -2.08. The largest absolute Gasteiger partial charge is 0.488 e. The van der Waals surface area contributed by atoms with Crippen molar-refractivity contribution in [3.63, 3.8) is 0 Å². The third kappa shape index (κ3) is 2.87. The summed E-state index contributed by atoms with van der Waals surface area (Å²) in [5, 5.41) is 2.05. The van der Waals surface area contributed by atoms with Crippen LogP contribution in [0.4, 0.5) is 0 Å². The van der Waals surface area contributed by atoms with E-state index in [1.807, 2.05) is 25.1 Å². The monoisotopic (exact) mass is 360 g/mol. The van der Waals surface area contributed by atoms with Gasteiger partial charge in [0, 0.05) is 8.95 Å². The number of thiophene rings is 1. The van der Waals surface area contributed by atoms with Gasteiger partial charge in [0.25, 0.3) is 0 Å². The van der Waals surface area contributed by atoms with E-state index in [1.165, 1.54) is 4.88 Å². The van der Waals surface area contributed by atoms with Crippen LogP contribution in [0.2, 0.25) is 0 Å². The Morgan fingerprint density at radius 1 is 1.25 bits per heavy atom. The quantitative estimate of drug-likeness (QED) is 0.733. The van der Waals surface area contributed by atoms with Crippen LogP contribution < -0.4 is 4.74 Å². The van der Waals surface area contributed by atoms with Gasteiger partial charge in [0.05, 0.1) is 4.88 Å². The Hall–Kier alpha value is -0.320. The summed E-state index contributed by atoms with van der Waals surface area (Å²) < 4.78 is 7.97. The fourth-order valence-electron chi connectivity index (χ4n) is 1.35. The lowest BCUT2D eigenvalue weighted by molar-refractivity contribution is 0.307. The van der Waals surface area contributed by atoms with Crippen LogP contribution in [-0.2, 0) is 6.61 Å². The third-order valence-corrected chi connectivity index (χ3v) is 4.58. The van der Waals surface area contributed by atoms with Crippen molar-refractivity contribution in [2.24, 2.45) is 0 Å². The van der Waals surface area contributed by atoms with Crippen molar-refractivity contribution < 1.29 is 4.74 Å². The molecule has 0 saturated carbocycles. The summed E-state index contributed by atoms with van der Waals surface area (Å²) in [6.07, 6.45) is 0. The zero-order valence-corrected chi connectivity index (χ0v) is 12.7. The third-order valence-electron chi connectivity index (χ3n) is 2.19. The highest BCUT2D eigenvalue weighted by atomic mass is 79.9. The normalized spacial score (nSPS) is 10.4. The highest BCUT2D eigenvalue weighted by molar-refractivity contribution is 9.10. The Bertz CT molecular complexity index is 494. The molecule has 1 nitrogen and oxygen atoms in total. The summed E-state index contributed by atoms with van der Waals surface area (Å²) in [6.45, 7) is 2.66. The Morgan fingerprint density at radius 3 is 2.69 bits per heavy atom. The Labute approximate surface area is 116 Å². The maximum Gasteiger partial charge on any atom is 0.124 e. The van der Waals surface area contributed by atoms with Gasteiger partial charge in [-0.2, -0.15) is 0 Å². The predicted molar refractivity (Wildman–Crippen MR) is 75.2 cm³/mol. The SMILES string of the molecule is Cc1cc(Br)ccc1OCc1sccc1Br. The standard InChI is InChI=1S/C12H10Br2OS/c1-8-6-9(13)2-3-11(8)15-7-12-10(14)4-5-16-12/h2-6H,7H2,1H3. The lowest BCUT2D eigenvalue weighted by atomic mass is 10.2. The van der Waals surface area contributed by atoms with Gasteiger partial charge in [0.2, 0.25) is 0 Å².